The largest absolute Gasteiger partial charge is 0.390 e. The third kappa shape index (κ3) is 6.18. The van der Waals surface area contributed by atoms with Gasteiger partial charge in [-0.15, -0.1) is 0 Å². The van der Waals surface area contributed by atoms with E-state index in [1.54, 1.807) is 13.8 Å². The van der Waals surface area contributed by atoms with Crippen molar-refractivity contribution in [3.05, 3.63) is 0 Å². The summed E-state index contributed by atoms with van der Waals surface area (Å²) >= 11 is 3.79. The van der Waals surface area contributed by atoms with Gasteiger partial charge in [0.05, 0.1) is 64.1 Å². The Balaban J connectivity index is 1.33. The predicted molar refractivity (Wildman–Crippen MR) is 151 cm³/mol. The van der Waals surface area contributed by atoms with Crippen LogP contribution in [0.2, 0.25) is 0 Å². The SMILES string of the molecule is CC(C)(O)[C@H]1CC[C@](C)([C@@H](O)CC[C@](C)(O)[C@H]2CC[C@H]3O[C@@H]([C@]4(C)CC[C@@H](Br)C(C)(C)O4)CC[C@]3(C)O2)O1. The van der Waals surface area contributed by atoms with Crippen molar-refractivity contribution < 1.29 is 34.3 Å². The molecule has 0 bridgehead atoms. The number of alkyl halides is 1. The Labute approximate surface area is 238 Å². The van der Waals surface area contributed by atoms with Crippen molar-refractivity contribution in [2.24, 2.45) is 0 Å². The number of rotatable bonds is 7. The van der Waals surface area contributed by atoms with E-state index in [2.05, 4.69) is 43.6 Å². The van der Waals surface area contributed by atoms with E-state index < -0.39 is 28.5 Å². The van der Waals surface area contributed by atoms with Crippen LogP contribution in [-0.4, -0.2) is 84.3 Å². The minimum Gasteiger partial charge on any atom is -0.390 e. The van der Waals surface area contributed by atoms with Crippen LogP contribution < -0.4 is 0 Å². The molecule has 0 unspecified atom stereocenters. The normalized spacial score (nSPS) is 46.3. The lowest BCUT2D eigenvalue weighted by Crippen LogP contribution is -2.63. The number of fused-ring (bicyclic) bond motifs is 1. The van der Waals surface area contributed by atoms with Crippen LogP contribution >= 0.6 is 15.9 Å². The zero-order valence-electron chi connectivity index (χ0n) is 24.9. The topological polar surface area (TPSA) is 97.6 Å². The molecule has 0 aromatic heterocycles. The highest BCUT2D eigenvalue weighted by Gasteiger charge is 2.55. The highest BCUT2D eigenvalue weighted by atomic mass is 79.9. The van der Waals surface area contributed by atoms with Crippen LogP contribution in [0.15, 0.2) is 0 Å². The fraction of sp³-hybridized carbons (Fsp3) is 1.00. The molecular weight excluding hydrogens is 552 g/mol. The highest BCUT2D eigenvalue weighted by molar-refractivity contribution is 9.09. The van der Waals surface area contributed by atoms with E-state index in [1.165, 1.54) is 0 Å². The first-order valence-corrected chi connectivity index (χ1v) is 15.7. The lowest BCUT2D eigenvalue weighted by Gasteiger charge is -2.56. The summed E-state index contributed by atoms with van der Waals surface area (Å²) in [5.74, 6) is 0. The minimum atomic E-state index is -1.08. The summed E-state index contributed by atoms with van der Waals surface area (Å²) in [7, 11) is 0. The van der Waals surface area contributed by atoms with Crippen molar-refractivity contribution in [3.63, 3.8) is 0 Å². The molecule has 7 nitrogen and oxygen atoms in total. The number of aliphatic hydroxyl groups excluding tert-OH is 1. The molecule has 4 saturated heterocycles. The molecule has 0 aliphatic carbocycles. The fourth-order valence-corrected chi connectivity index (χ4v) is 7.60. The molecule has 4 fully saturated rings. The molecule has 4 aliphatic heterocycles. The van der Waals surface area contributed by atoms with Crippen LogP contribution in [0, 0.1) is 0 Å². The Morgan fingerprint density at radius 2 is 1.45 bits per heavy atom. The van der Waals surface area contributed by atoms with Crippen LogP contribution in [0.25, 0.3) is 0 Å². The van der Waals surface area contributed by atoms with Crippen molar-refractivity contribution in [2.75, 3.05) is 0 Å². The summed E-state index contributed by atoms with van der Waals surface area (Å²) < 4.78 is 26.1. The standard InChI is InChI=1S/C30H53BrO7/c1-25(2,33)21-13-17-28(6,36-21)20(32)12-15-27(5,34)22-9-10-23-29(7,37-22)18-14-24(35-23)30(8)16-11-19(31)26(3,4)38-30/h19-24,32-34H,9-18H2,1-8H3/t19-,20+,21-,22-,23-,24-,27+,28-,29+,30+/m1/s1. The fourth-order valence-electron chi connectivity index (χ4n) is 7.27. The molecule has 222 valence electrons. The molecule has 38 heavy (non-hydrogen) atoms. The second-order valence-electron chi connectivity index (χ2n) is 14.7. The van der Waals surface area contributed by atoms with Crippen LogP contribution in [0.4, 0.5) is 0 Å². The number of ether oxygens (including phenoxy) is 4. The van der Waals surface area contributed by atoms with Gasteiger partial charge in [-0.3, -0.25) is 0 Å². The van der Waals surface area contributed by atoms with Crippen LogP contribution in [0.3, 0.4) is 0 Å². The van der Waals surface area contributed by atoms with E-state index in [0.717, 1.165) is 32.1 Å². The van der Waals surface area contributed by atoms with Gasteiger partial charge in [0.25, 0.3) is 0 Å². The van der Waals surface area contributed by atoms with Crippen LogP contribution in [0.1, 0.15) is 120 Å². The molecule has 0 saturated carbocycles. The smallest absolute Gasteiger partial charge is 0.0923 e. The second-order valence-corrected chi connectivity index (χ2v) is 15.8. The number of halogens is 1. The van der Waals surface area contributed by atoms with Crippen molar-refractivity contribution in [2.45, 2.75) is 189 Å². The van der Waals surface area contributed by atoms with E-state index in [0.29, 0.717) is 36.9 Å². The highest BCUT2D eigenvalue weighted by Crippen LogP contribution is 2.49. The van der Waals surface area contributed by atoms with Gasteiger partial charge in [-0.25, -0.2) is 0 Å². The van der Waals surface area contributed by atoms with Crippen LogP contribution in [0.5, 0.6) is 0 Å². The van der Waals surface area contributed by atoms with Crippen molar-refractivity contribution in [1.29, 1.82) is 0 Å². The summed E-state index contributed by atoms with van der Waals surface area (Å²) in [6.45, 7) is 15.8. The van der Waals surface area contributed by atoms with Gasteiger partial charge >= 0.3 is 0 Å². The summed E-state index contributed by atoms with van der Waals surface area (Å²) in [6.07, 6.45) is 6.09. The van der Waals surface area contributed by atoms with E-state index in [9.17, 15) is 15.3 Å². The Morgan fingerprint density at radius 1 is 0.816 bits per heavy atom. The first-order valence-electron chi connectivity index (χ1n) is 14.8. The Kier molecular flexibility index (Phi) is 8.59. The average molecular weight is 606 g/mol. The molecule has 4 heterocycles. The summed E-state index contributed by atoms with van der Waals surface area (Å²) in [6, 6.07) is 0. The van der Waals surface area contributed by atoms with Gasteiger partial charge in [-0.05, 0) is 120 Å². The van der Waals surface area contributed by atoms with Crippen LogP contribution in [-0.2, 0) is 18.9 Å². The van der Waals surface area contributed by atoms with Gasteiger partial charge in [-0.2, -0.15) is 0 Å². The zero-order chi connectivity index (χ0) is 28.4. The van der Waals surface area contributed by atoms with Gasteiger partial charge in [0.15, 0.2) is 0 Å². The quantitative estimate of drug-likeness (QED) is 0.344. The van der Waals surface area contributed by atoms with E-state index >= 15 is 0 Å². The third-order valence-corrected chi connectivity index (χ3v) is 11.8. The maximum atomic E-state index is 11.5. The van der Waals surface area contributed by atoms with Gasteiger partial charge in [0.1, 0.15) is 0 Å². The summed E-state index contributed by atoms with van der Waals surface area (Å²) in [5.41, 5.74) is -3.78. The number of aliphatic hydroxyl groups is 3. The Morgan fingerprint density at radius 3 is 2.05 bits per heavy atom. The van der Waals surface area contributed by atoms with Gasteiger partial charge < -0.3 is 34.3 Å². The maximum Gasteiger partial charge on any atom is 0.0923 e. The van der Waals surface area contributed by atoms with Crippen molar-refractivity contribution in [1.82, 2.24) is 0 Å². The summed E-state index contributed by atoms with van der Waals surface area (Å²) in [5, 5.41) is 32.9. The third-order valence-electron chi connectivity index (χ3n) is 10.3. The van der Waals surface area contributed by atoms with Gasteiger partial charge in [0, 0.05) is 4.83 Å². The van der Waals surface area contributed by atoms with E-state index in [1.807, 2.05) is 13.8 Å². The van der Waals surface area contributed by atoms with E-state index in [-0.39, 0.29) is 35.6 Å². The molecule has 4 aliphatic rings. The Bertz CT molecular complexity index is 843. The molecule has 0 aromatic rings. The molecule has 4 rings (SSSR count). The van der Waals surface area contributed by atoms with Gasteiger partial charge in [0.2, 0.25) is 0 Å². The maximum absolute atomic E-state index is 11.5. The lowest BCUT2D eigenvalue weighted by atomic mass is 9.75. The first kappa shape index (κ1) is 31.1. The molecule has 0 radical (unpaired) electrons. The average Bonchev–Trinajstić information content (AvgIpc) is 3.23. The molecule has 8 heteroatoms. The second kappa shape index (κ2) is 10.5. The number of hydrogen-bond acceptors (Lipinski definition) is 7. The predicted octanol–water partition coefficient (Wildman–Crippen LogP) is 5.18. The van der Waals surface area contributed by atoms with Crippen molar-refractivity contribution >= 4 is 15.9 Å². The summed E-state index contributed by atoms with van der Waals surface area (Å²) in [4.78, 5) is 0.335. The number of hydrogen-bond donors (Lipinski definition) is 3. The van der Waals surface area contributed by atoms with E-state index in [4.69, 9.17) is 18.9 Å². The molecule has 0 spiro atoms. The molecule has 3 N–H and O–H groups in total. The van der Waals surface area contributed by atoms with Gasteiger partial charge in [-0.1, -0.05) is 15.9 Å². The minimum absolute atomic E-state index is 0.0236. The molecule has 0 amide bonds. The Hall–Kier alpha value is 0.200. The molecule has 10 atom stereocenters. The zero-order valence-corrected chi connectivity index (χ0v) is 26.5. The molecule has 0 aromatic carbocycles. The monoisotopic (exact) mass is 604 g/mol. The van der Waals surface area contributed by atoms with Crippen molar-refractivity contribution in [3.8, 4) is 0 Å². The lowest BCUT2D eigenvalue weighted by molar-refractivity contribution is -0.301. The first-order chi connectivity index (χ1) is 17.3. The molecular formula is C30H53BrO7.